The Hall–Kier alpha value is -3.00. The van der Waals surface area contributed by atoms with Crippen molar-refractivity contribution >= 4 is 28.5 Å². The quantitative estimate of drug-likeness (QED) is 0.525. The van der Waals surface area contributed by atoms with Gasteiger partial charge in [0.2, 0.25) is 0 Å². The van der Waals surface area contributed by atoms with Crippen molar-refractivity contribution in [1.82, 2.24) is 20.2 Å². The van der Waals surface area contributed by atoms with Gasteiger partial charge >= 0.3 is 0 Å². The fraction of sp³-hybridized carbons (Fsp3) is 0.0556. The lowest BCUT2D eigenvalue weighted by atomic mass is 10.1. The summed E-state index contributed by atoms with van der Waals surface area (Å²) in [7, 11) is 0. The lowest BCUT2D eigenvalue weighted by Crippen LogP contribution is -1.99. The van der Waals surface area contributed by atoms with Gasteiger partial charge in [-0.2, -0.15) is 5.10 Å². The molecule has 0 spiro atoms. The van der Waals surface area contributed by atoms with Crippen LogP contribution in [-0.4, -0.2) is 20.2 Å². The fourth-order valence-corrected chi connectivity index (χ4v) is 3.44. The Morgan fingerprint density at radius 1 is 1.08 bits per heavy atom. The summed E-state index contributed by atoms with van der Waals surface area (Å²) in [6.07, 6.45) is 0. The summed E-state index contributed by atoms with van der Waals surface area (Å²) >= 11 is 0.992. The van der Waals surface area contributed by atoms with E-state index in [0.29, 0.717) is 10.9 Å². The van der Waals surface area contributed by atoms with Gasteiger partial charge in [-0.1, -0.05) is 12.1 Å². The Bertz CT molecular complexity index is 1130. The Labute approximate surface area is 151 Å². The van der Waals surface area contributed by atoms with Gasteiger partial charge in [-0.05, 0) is 43.0 Å². The molecule has 3 N–H and O–H groups in total. The van der Waals surface area contributed by atoms with Crippen LogP contribution in [0.5, 0.6) is 0 Å². The summed E-state index contributed by atoms with van der Waals surface area (Å²) in [5.74, 6) is -1.03. The molecule has 5 nitrogen and oxygen atoms in total. The van der Waals surface area contributed by atoms with E-state index in [1.54, 1.807) is 0 Å². The molecule has 0 aliphatic carbocycles. The number of fused-ring (bicyclic) bond motifs is 1. The highest BCUT2D eigenvalue weighted by Gasteiger charge is 2.15. The molecule has 2 heterocycles. The van der Waals surface area contributed by atoms with Crippen LogP contribution in [0.4, 0.5) is 14.6 Å². The van der Waals surface area contributed by atoms with Gasteiger partial charge in [0.1, 0.15) is 17.5 Å². The van der Waals surface area contributed by atoms with Crippen LogP contribution in [0.3, 0.4) is 0 Å². The van der Waals surface area contributed by atoms with Crippen LogP contribution in [0.1, 0.15) is 5.69 Å². The van der Waals surface area contributed by atoms with Crippen LogP contribution in [0, 0.1) is 18.6 Å². The number of hydrogen-bond acceptors (Lipinski definition) is 5. The van der Waals surface area contributed by atoms with Gasteiger partial charge in [0.05, 0.1) is 21.5 Å². The van der Waals surface area contributed by atoms with E-state index < -0.39 is 11.6 Å². The summed E-state index contributed by atoms with van der Waals surface area (Å²) in [5.41, 5.74) is 9.27. The first-order chi connectivity index (χ1) is 12.5. The molecule has 0 fully saturated rings. The number of nitrogens with two attached hydrogens (primary N) is 1. The number of benzene rings is 2. The van der Waals surface area contributed by atoms with E-state index >= 15 is 0 Å². The molecule has 2 aromatic carbocycles. The molecule has 2 aromatic heterocycles. The maximum absolute atomic E-state index is 13.9. The third kappa shape index (κ3) is 2.99. The van der Waals surface area contributed by atoms with Crippen molar-refractivity contribution in [2.75, 3.05) is 5.73 Å². The monoisotopic (exact) mass is 369 g/mol. The molecule has 0 saturated heterocycles. The summed E-state index contributed by atoms with van der Waals surface area (Å²) < 4.78 is 26.9. The largest absolute Gasteiger partial charge is 0.383 e. The van der Waals surface area contributed by atoms with Gasteiger partial charge in [0, 0.05) is 17.3 Å². The van der Waals surface area contributed by atoms with Crippen molar-refractivity contribution < 1.29 is 8.78 Å². The Balaban J connectivity index is 1.80. The molecule has 4 aromatic rings. The summed E-state index contributed by atoms with van der Waals surface area (Å²) in [4.78, 5) is 8.97. The number of nitrogens with one attached hydrogen (secondary N) is 1. The number of hydrogen-bond donors (Lipinski definition) is 2. The number of anilines is 1. The first-order valence-electron chi connectivity index (χ1n) is 7.73. The van der Waals surface area contributed by atoms with Crippen molar-refractivity contribution in [3.8, 4) is 11.3 Å². The van der Waals surface area contributed by atoms with E-state index in [-0.39, 0.29) is 15.9 Å². The highest BCUT2D eigenvalue weighted by atomic mass is 32.2. The average molecular weight is 369 g/mol. The second-order valence-electron chi connectivity index (χ2n) is 5.70. The third-order valence-electron chi connectivity index (χ3n) is 3.81. The zero-order valence-electron chi connectivity index (χ0n) is 13.6. The van der Waals surface area contributed by atoms with Gasteiger partial charge in [-0.3, -0.25) is 5.10 Å². The van der Waals surface area contributed by atoms with E-state index in [0.717, 1.165) is 34.8 Å². The van der Waals surface area contributed by atoms with Crippen LogP contribution >= 0.6 is 11.8 Å². The lowest BCUT2D eigenvalue weighted by Gasteiger charge is -2.09. The molecule has 0 aliphatic rings. The summed E-state index contributed by atoms with van der Waals surface area (Å²) in [6.45, 7) is 1.91. The van der Waals surface area contributed by atoms with Gasteiger partial charge < -0.3 is 5.73 Å². The van der Waals surface area contributed by atoms with Gasteiger partial charge in [0.15, 0.2) is 5.16 Å². The molecular formula is C18H13F2N5S. The van der Waals surface area contributed by atoms with Crippen LogP contribution < -0.4 is 5.73 Å². The van der Waals surface area contributed by atoms with E-state index in [2.05, 4.69) is 20.2 Å². The number of aryl methyl sites for hydroxylation is 1. The second kappa shape index (κ2) is 6.38. The van der Waals surface area contributed by atoms with Crippen molar-refractivity contribution in [2.24, 2.45) is 0 Å². The zero-order chi connectivity index (χ0) is 18.3. The molecule has 8 heteroatoms. The average Bonchev–Trinajstić information content (AvgIpc) is 3.03. The van der Waals surface area contributed by atoms with Crippen molar-refractivity contribution in [3.63, 3.8) is 0 Å². The van der Waals surface area contributed by atoms with Gasteiger partial charge in [-0.25, -0.2) is 18.7 Å². The molecule has 0 saturated carbocycles. The molecular weight excluding hydrogens is 356 g/mol. The summed E-state index contributed by atoms with van der Waals surface area (Å²) in [6, 6.07) is 10.8. The third-order valence-corrected chi connectivity index (χ3v) is 4.72. The minimum atomic E-state index is -0.669. The standard InChI is InChI=1S/C18H13F2N5S/c1-9-7-14(25-24-9)11-3-2-4-13-16(11)17(21)23-18(22-13)26-15-6-5-10(19)8-12(15)20/h2-8H,1H3,(H,24,25)(H2,21,22,23). The van der Waals surface area contributed by atoms with Crippen LogP contribution in [0.15, 0.2) is 52.5 Å². The summed E-state index contributed by atoms with van der Waals surface area (Å²) in [5, 5.41) is 8.13. The zero-order valence-corrected chi connectivity index (χ0v) is 14.4. The van der Waals surface area contributed by atoms with Gasteiger partial charge in [0.25, 0.3) is 0 Å². The highest BCUT2D eigenvalue weighted by molar-refractivity contribution is 7.99. The number of H-pyrrole nitrogens is 1. The second-order valence-corrected chi connectivity index (χ2v) is 6.71. The lowest BCUT2D eigenvalue weighted by molar-refractivity contribution is 0.565. The number of aromatic amines is 1. The maximum atomic E-state index is 13.9. The predicted molar refractivity (Wildman–Crippen MR) is 96.8 cm³/mol. The molecule has 4 rings (SSSR count). The molecule has 0 unspecified atom stereocenters. The minimum Gasteiger partial charge on any atom is -0.383 e. The SMILES string of the molecule is Cc1cc(-c2cccc3nc(Sc4ccc(F)cc4F)nc(N)c23)n[nH]1. The number of rotatable bonds is 3. The van der Waals surface area contributed by atoms with E-state index in [9.17, 15) is 8.78 Å². The fourth-order valence-electron chi connectivity index (χ4n) is 2.66. The van der Waals surface area contributed by atoms with Crippen molar-refractivity contribution in [1.29, 1.82) is 0 Å². The molecule has 0 bridgehead atoms. The van der Waals surface area contributed by atoms with Crippen molar-refractivity contribution in [3.05, 3.63) is 59.8 Å². The highest BCUT2D eigenvalue weighted by Crippen LogP contribution is 2.34. The maximum Gasteiger partial charge on any atom is 0.195 e. The number of aromatic nitrogens is 4. The first-order valence-corrected chi connectivity index (χ1v) is 8.54. The smallest absolute Gasteiger partial charge is 0.195 e. The Kier molecular flexibility index (Phi) is 4.04. The molecule has 130 valence electrons. The topological polar surface area (TPSA) is 80.5 Å². The molecule has 0 atom stereocenters. The Morgan fingerprint density at radius 2 is 1.92 bits per heavy atom. The van der Waals surface area contributed by atoms with E-state index in [1.807, 2.05) is 31.2 Å². The number of nitrogens with zero attached hydrogens (tertiary/aromatic N) is 3. The van der Waals surface area contributed by atoms with Gasteiger partial charge in [-0.15, -0.1) is 0 Å². The molecule has 0 radical (unpaired) electrons. The normalized spacial score (nSPS) is 11.2. The molecule has 26 heavy (non-hydrogen) atoms. The Morgan fingerprint density at radius 3 is 2.65 bits per heavy atom. The van der Waals surface area contributed by atoms with Crippen molar-refractivity contribution in [2.45, 2.75) is 17.0 Å². The van der Waals surface area contributed by atoms with Crippen LogP contribution in [-0.2, 0) is 0 Å². The minimum absolute atomic E-state index is 0.226. The predicted octanol–water partition coefficient (Wildman–Crippen LogP) is 4.34. The molecule has 0 amide bonds. The van der Waals surface area contributed by atoms with Crippen LogP contribution in [0.2, 0.25) is 0 Å². The first kappa shape index (κ1) is 16.5. The number of halogens is 2. The van der Waals surface area contributed by atoms with Crippen LogP contribution in [0.25, 0.3) is 22.2 Å². The number of nitrogen functional groups attached to an aromatic ring is 1. The van der Waals surface area contributed by atoms with E-state index in [4.69, 9.17) is 5.73 Å². The van der Waals surface area contributed by atoms with E-state index in [1.165, 1.54) is 12.1 Å². The molecule has 0 aliphatic heterocycles.